The number of aromatic nitrogens is 1. The zero-order valence-electron chi connectivity index (χ0n) is 15.7. The lowest BCUT2D eigenvalue weighted by molar-refractivity contribution is 0.0977. The lowest BCUT2D eigenvalue weighted by atomic mass is 10.2. The summed E-state index contributed by atoms with van der Waals surface area (Å²) >= 11 is 12.8. The highest BCUT2D eigenvalue weighted by atomic mass is 35.5. The van der Waals surface area contributed by atoms with Crippen LogP contribution in [0.15, 0.2) is 36.4 Å². The number of carbonyl (C=O) groups is 1. The van der Waals surface area contributed by atoms with Gasteiger partial charge in [0, 0.05) is 10.6 Å². The molecule has 146 valence electrons. The Kier molecular flexibility index (Phi) is 6.49. The van der Waals surface area contributed by atoms with Crippen LogP contribution in [0.25, 0.3) is 10.2 Å². The van der Waals surface area contributed by atoms with E-state index in [-0.39, 0.29) is 17.1 Å². The number of carbonyl (C=O) groups excluding carboxylic acids is 1. The van der Waals surface area contributed by atoms with Gasteiger partial charge in [-0.15, -0.1) is 0 Å². The number of nitrogens with zero attached hydrogens (tertiary/aromatic N) is 1. The Balaban J connectivity index is 1.62. The summed E-state index contributed by atoms with van der Waals surface area (Å²) in [6, 6.07) is 10.8. The lowest BCUT2D eigenvalue weighted by Crippen LogP contribution is -2.34. The summed E-state index contributed by atoms with van der Waals surface area (Å²) in [7, 11) is 0. The summed E-state index contributed by atoms with van der Waals surface area (Å²) in [5.74, 6) is 0.433. The van der Waals surface area contributed by atoms with E-state index < -0.39 is 0 Å². The van der Waals surface area contributed by atoms with Gasteiger partial charge in [-0.3, -0.25) is 10.1 Å². The molecule has 5 nitrogen and oxygen atoms in total. The van der Waals surface area contributed by atoms with Gasteiger partial charge in [0.05, 0.1) is 16.3 Å². The van der Waals surface area contributed by atoms with Crippen molar-refractivity contribution in [2.24, 2.45) is 0 Å². The number of thiazole rings is 1. The Morgan fingerprint density at radius 3 is 2.71 bits per heavy atom. The normalized spacial score (nSPS) is 11.9. The Morgan fingerprint density at radius 2 is 2.04 bits per heavy atom. The number of hydrogen-bond donors (Lipinski definition) is 2. The number of thiocarbonyl (C=S) groups is 1. The molecule has 0 fully saturated rings. The number of aryl methyl sites for hydroxylation is 1. The third-order valence-electron chi connectivity index (χ3n) is 4.15. The summed E-state index contributed by atoms with van der Waals surface area (Å²) in [5.41, 5.74) is 2.27. The van der Waals surface area contributed by atoms with E-state index in [9.17, 15) is 4.79 Å². The van der Waals surface area contributed by atoms with Gasteiger partial charge < -0.3 is 10.1 Å². The van der Waals surface area contributed by atoms with E-state index >= 15 is 0 Å². The molecule has 1 aromatic heterocycles. The van der Waals surface area contributed by atoms with E-state index in [1.807, 2.05) is 26.0 Å². The maximum atomic E-state index is 12.4. The first-order chi connectivity index (χ1) is 13.4. The molecule has 0 bridgehead atoms. The van der Waals surface area contributed by atoms with Gasteiger partial charge in [-0.05, 0) is 74.4 Å². The van der Waals surface area contributed by atoms with Crippen molar-refractivity contribution in [3.63, 3.8) is 0 Å². The maximum Gasteiger partial charge on any atom is 0.257 e. The summed E-state index contributed by atoms with van der Waals surface area (Å²) in [4.78, 5) is 16.8. The second-order valence-electron chi connectivity index (χ2n) is 6.36. The van der Waals surface area contributed by atoms with Gasteiger partial charge in [-0.1, -0.05) is 29.9 Å². The van der Waals surface area contributed by atoms with Crippen LogP contribution in [0.5, 0.6) is 5.75 Å². The van der Waals surface area contributed by atoms with Crippen LogP contribution >= 0.6 is 35.2 Å². The van der Waals surface area contributed by atoms with Crippen molar-refractivity contribution in [1.82, 2.24) is 10.3 Å². The number of ether oxygens (including phenoxy) is 1. The zero-order chi connectivity index (χ0) is 20.3. The molecular formula is C20H20ClN3O2S2. The molecule has 0 aliphatic carbocycles. The van der Waals surface area contributed by atoms with Crippen LogP contribution in [-0.4, -0.2) is 22.1 Å². The molecule has 1 atom stereocenters. The average Bonchev–Trinajstić information content (AvgIpc) is 3.03. The van der Waals surface area contributed by atoms with Crippen molar-refractivity contribution in [2.45, 2.75) is 33.3 Å². The van der Waals surface area contributed by atoms with E-state index in [0.29, 0.717) is 15.7 Å². The first-order valence-electron chi connectivity index (χ1n) is 8.81. The van der Waals surface area contributed by atoms with Crippen LogP contribution < -0.4 is 15.4 Å². The van der Waals surface area contributed by atoms with E-state index in [4.69, 9.17) is 28.6 Å². The number of amides is 1. The number of halogens is 1. The first-order valence-corrected chi connectivity index (χ1v) is 10.4. The molecular weight excluding hydrogens is 414 g/mol. The highest BCUT2D eigenvalue weighted by molar-refractivity contribution is 7.80. The monoisotopic (exact) mass is 433 g/mol. The Hall–Kier alpha value is -2.22. The van der Waals surface area contributed by atoms with Gasteiger partial charge in [0.25, 0.3) is 5.91 Å². The minimum atomic E-state index is -0.299. The number of fused-ring (bicyclic) bond motifs is 1. The van der Waals surface area contributed by atoms with Crippen LogP contribution in [-0.2, 0) is 0 Å². The van der Waals surface area contributed by atoms with Gasteiger partial charge >= 0.3 is 0 Å². The van der Waals surface area contributed by atoms with Crippen molar-refractivity contribution in [2.75, 3.05) is 5.32 Å². The van der Waals surface area contributed by atoms with E-state index in [2.05, 4.69) is 22.5 Å². The van der Waals surface area contributed by atoms with E-state index in [0.717, 1.165) is 28.0 Å². The second kappa shape index (κ2) is 8.86. The summed E-state index contributed by atoms with van der Waals surface area (Å²) in [6.45, 7) is 6.00. The molecule has 2 N–H and O–H groups in total. The molecule has 1 amide bonds. The first kappa shape index (κ1) is 20.5. The molecule has 28 heavy (non-hydrogen) atoms. The minimum absolute atomic E-state index is 0.129. The van der Waals surface area contributed by atoms with Gasteiger partial charge in [-0.2, -0.15) is 0 Å². The zero-order valence-corrected chi connectivity index (χ0v) is 18.1. The van der Waals surface area contributed by atoms with Crippen molar-refractivity contribution in [1.29, 1.82) is 0 Å². The third kappa shape index (κ3) is 4.98. The van der Waals surface area contributed by atoms with Crippen molar-refractivity contribution < 1.29 is 9.53 Å². The third-order valence-corrected chi connectivity index (χ3v) is 5.69. The fourth-order valence-corrected chi connectivity index (χ4v) is 3.77. The quantitative estimate of drug-likeness (QED) is 0.515. The standard InChI is InChI=1S/C20H20ClN3O2S2/c1-4-12(3)26-14-7-5-13(6-8-14)18(25)23-19(27)24-20-22-16-10-15(21)11(2)9-17(16)28-20/h5-10,12H,4H2,1-3H3,(H2,22,23,24,25,27)/t12-/m0/s1. The summed E-state index contributed by atoms with van der Waals surface area (Å²) in [5, 5.41) is 7.07. The maximum absolute atomic E-state index is 12.4. The molecule has 1 heterocycles. The molecule has 2 aromatic carbocycles. The van der Waals surface area contributed by atoms with Crippen molar-refractivity contribution in [3.05, 3.63) is 52.5 Å². The second-order valence-corrected chi connectivity index (χ2v) is 8.20. The molecule has 3 rings (SSSR count). The molecule has 0 saturated carbocycles. The van der Waals surface area contributed by atoms with E-state index in [1.165, 1.54) is 11.3 Å². The van der Waals surface area contributed by atoms with Crippen LogP contribution in [0.1, 0.15) is 36.2 Å². The molecule has 3 aromatic rings. The number of rotatable bonds is 5. The molecule has 0 spiro atoms. The van der Waals surface area contributed by atoms with Gasteiger partial charge in [0.1, 0.15) is 5.75 Å². The molecule has 0 unspecified atom stereocenters. The minimum Gasteiger partial charge on any atom is -0.491 e. The predicted octanol–water partition coefficient (Wildman–Crippen LogP) is 5.56. The molecule has 8 heteroatoms. The molecule has 0 aliphatic heterocycles. The van der Waals surface area contributed by atoms with Crippen LogP contribution in [0.2, 0.25) is 5.02 Å². The summed E-state index contributed by atoms with van der Waals surface area (Å²) in [6.07, 6.45) is 1.05. The average molecular weight is 434 g/mol. The molecule has 0 radical (unpaired) electrons. The Bertz CT molecular complexity index is 979. The topological polar surface area (TPSA) is 63.2 Å². The van der Waals surface area contributed by atoms with E-state index in [1.54, 1.807) is 24.3 Å². The van der Waals surface area contributed by atoms with Crippen LogP contribution in [0, 0.1) is 6.92 Å². The SMILES string of the molecule is CC[C@H](C)Oc1ccc(C(=O)NC(=S)Nc2nc3cc(Cl)c(C)cc3s2)cc1. The van der Waals surface area contributed by atoms with Crippen molar-refractivity contribution in [3.8, 4) is 5.75 Å². The Labute approximate surface area is 178 Å². The highest BCUT2D eigenvalue weighted by Crippen LogP contribution is 2.30. The van der Waals surface area contributed by atoms with Crippen LogP contribution in [0.3, 0.4) is 0 Å². The smallest absolute Gasteiger partial charge is 0.257 e. The fraction of sp³-hybridized carbons (Fsp3) is 0.250. The molecule has 0 saturated heterocycles. The summed E-state index contributed by atoms with van der Waals surface area (Å²) < 4.78 is 6.71. The van der Waals surface area contributed by atoms with Gasteiger partial charge in [0.15, 0.2) is 10.2 Å². The lowest BCUT2D eigenvalue weighted by Gasteiger charge is -2.13. The Morgan fingerprint density at radius 1 is 1.32 bits per heavy atom. The number of hydrogen-bond acceptors (Lipinski definition) is 5. The predicted molar refractivity (Wildman–Crippen MR) is 120 cm³/mol. The van der Waals surface area contributed by atoms with Gasteiger partial charge in [0.2, 0.25) is 0 Å². The fourth-order valence-electron chi connectivity index (χ4n) is 2.41. The van der Waals surface area contributed by atoms with Crippen LogP contribution in [0.4, 0.5) is 5.13 Å². The largest absolute Gasteiger partial charge is 0.491 e. The van der Waals surface area contributed by atoms with Gasteiger partial charge in [-0.25, -0.2) is 4.98 Å². The number of anilines is 1. The number of nitrogens with one attached hydrogen (secondary N) is 2. The number of benzene rings is 2. The highest BCUT2D eigenvalue weighted by Gasteiger charge is 2.12. The molecule has 0 aliphatic rings. The van der Waals surface area contributed by atoms with Crippen molar-refractivity contribution >= 4 is 61.5 Å².